The van der Waals surface area contributed by atoms with Crippen molar-refractivity contribution in [1.29, 1.82) is 0 Å². The van der Waals surface area contributed by atoms with Crippen LogP contribution >= 0.6 is 15.9 Å². The van der Waals surface area contributed by atoms with Crippen molar-refractivity contribution in [3.63, 3.8) is 0 Å². The van der Waals surface area contributed by atoms with E-state index in [0.29, 0.717) is 17.2 Å². The Bertz CT molecular complexity index is 430. The summed E-state index contributed by atoms with van der Waals surface area (Å²) in [6.07, 6.45) is 2.13. The third kappa shape index (κ3) is 4.23. The largest absolute Gasteiger partial charge is 0.496 e. The molecule has 4 heteroatoms. The van der Waals surface area contributed by atoms with Gasteiger partial charge in [-0.2, -0.15) is 0 Å². The number of benzene rings is 1. The third-order valence-corrected chi connectivity index (χ3v) is 4.02. The Morgan fingerprint density at radius 1 is 1.37 bits per heavy atom. The average Bonchev–Trinajstić information content (AvgIpc) is 2.39. The lowest BCUT2D eigenvalue weighted by molar-refractivity contribution is 0.0922. The van der Waals surface area contributed by atoms with Crippen LogP contribution in [0, 0.1) is 5.92 Å². The molecular formula is C15H22BrNO2. The van der Waals surface area contributed by atoms with Crippen LogP contribution in [0.25, 0.3) is 0 Å². The summed E-state index contributed by atoms with van der Waals surface area (Å²) in [7, 11) is 1.57. The van der Waals surface area contributed by atoms with Crippen LogP contribution in [0.2, 0.25) is 0 Å². The van der Waals surface area contributed by atoms with Crippen molar-refractivity contribution in [3.05, 3.63) is 28.2 Å². The molecular weight excluding hydrogens is 306 g/mol. The maximum Gasteiger partial charge on any atom is 0.255 e. The second kappa shape index (κ2) is 7.53. The van der Waals surface area contributed by atoms with Crippen molar-refractivity contribution in [3.8, 4) is 5.75 Å². The standard InChI is InChI=1S/C15H22BrNO2/c1-5-11(6-2)10(3)17-15(18)13-8-7-12(16)9-14(13)19-4/h7-11H,5-6H2,1-4H3,(H,17,18). The summed E-state index contributed by atoms with van der Waals surface area (Å²) < 4.78 is 6.15. The fraction of sp³-hybridized carbons (Fsp3) is 0.533. The lowest BCUT2D eigenvalue weighted by atomic mass is 9.95. The van der Waals surface area contributed by atoms with Crippen molar-refractivity contribution < 1.29 is 9.53 Å². The van der Waals surface area contributed by atoms with Crippen molar-refractivity contribution in [1.82, 2.24) is 5.32 Å². The predicted octanol–water partition coefficient (Wildman–Crippen LogP) is 4.01. The first-order valence-electron chi connectivity index (χ1n) is 6.67. The second-order valence-electron chi connectivity index (χ2n) is 4.68. The van der Waals surface area contributed by atoms with Crippen LogP contribution in [0.1, 0.15) is 44.0 Å². The van der Waals surface area contributed by atoms with Crippen molar-refractivity contribution >= 4 is 21.8 Å². The minimum absolute atomic E-state index is 0.0799. The number of halogens is 1. The monoisotopic (exact) mass is 327 g/mol. The highest BCUT2D eigenvalue weighted by Gasteiger charge is 2.19. The summed E-state index contributed by atoms with van der Waals surface area (Å²) in [5.74, 6) is 1.01. The molecule has 19 heavy (non-hydrogen) atoms. The molecule has 1 rings (SSSR count). The maximum atomic E-state index is 12.3. The number of carbonyl (C=O) groups is 1. The van der Waals surface area contributed by atoms with Crippen molar-refractivity contribution in [2.75, 3.05) is 7.11 Å². The van der Waals surface area contributed by atoms with Gasteiger partial charge in [0.2, 0.25) is 0 Å². The van der Waals surface area contributed by atoms with Gasteiger partial charge in [0.25, 0.3) is 5.91 Å². The van der Waals surface area contributed by atoms with E-state index in [0.717, 1.165) is 17.3 Å². The van der Waals surface area contributed by atoms with E-state index in [4.69, 9.17) is 4.74 Å². The van der Waals surface area contributed by atoms with E-state index < -0.39 is 0 Å². The number of carbonyl (C=O) groups excluding carboxylic acids is 1. The third-order valence-electron chi connectivity index (χ3n) is 3.52. The van der Waals surface area contributed by atoms with Crippen molar-refractivity contribution in [2.45, 2.75) is 39.7 Å². The zero-order valence-corrected chi connectivity index (χ0v) is 13.6. The van der Waals surface area contributed by atoms with E-state index in [1.54, 1.807) is 19.2 Å². The Kier molecular flexibility index (Phi) is 6.35. The van der Waals surface area contributed by atoms with Gasteiger partial charge in [-0.25, -0.2) is 0 Å². The van der Waals surface area contributed by atoms with Crippen LogP contribution in [-0.4, -0.2) is 19.1 Å². The molecule has 0 bridgehead atoms. The summed E-state index contributed by atoms with van der Waals surface area (Å²) in [6, 6.07) is 5.59. The van der Waals surface area contributed by atoms with Gasteiger partial charge in [0, 0.05) is 10.5 Å². The Balaban J connectivity index is 2.83. The van der Waals surface area contributed by atoms with Crippen LogP contribution in [0.3, 0.4) is 0 Å². The maximum absolute atomic E-state index is 12.3. The number of nitrogens with one attached hydrogen (secondary N) is 1. The molecule has 106 valence electrons. The van der Waals surface area contributed by atoms with Gasteiger partial charge in [-0.1, -0.05) is 42.6 Å². The molecule has 1 aromatic carbocycles. The summed E-state index contributed by atoms with van der Waals surface area (Å²) in [5.41, 5.74) is 0.573. The molecule has 1 amide bonds. The molecule has 0 aliphatic rings. The number of hydrogen-bond acceptors (Lipinski definition) is 2. The Morgan fingerprint density at radius 2 is 2.00 bits per heavy atom. The summed E-state index contributed by atoms with van der Waals surface area (Å²) in [4.78, 5) is 12.3. The molecule has 0 radical (unpaired) electrons. The average molecular weight is 328 g/mol. The first-order chi connectivity index (χ1) is 9.03. The van der Waals surface area contributed by atoms with Gasteiger partial charge in [0.15, 0.2) is 0 Å². The lowest BCUT2D eigenvalue weighted by Crippen LogP contribution is -2.37. The molecule has 1 N–H and O–H groups in total. The Hall–Kier alpha value is -1.03. The van der Waals surface area contributed by atoms with Crippen LogP contribution in [-0.2, 0) is 0 Å². The molecule has 0 spiro atoms. The van der Waals surface area contributed by atoms with Crippen LogP contribution in [0.4, 0.5) is 0 Å². The van der Waals surface area contributed by atoms with Gasteiger partial charge >= 0.3 is 0 Å². The van der Waals surface area contributed by atoms with E-state index >= 15 is 0 Å². The van der Waals surface area contributed by atoms with Gasteiger partial charge < -0.3 is 10.1 Å². The number of hydrogen-bond donors (Lipinski definition) is 1. The van der Waals surface area contributed by atoms with E-state index in [-0.39, 0.29) is 11.9 Å². The van der Waals surface area contributed by atoms with E-state index in [1.165, 1.54) is 0 Å². The molecule has 0 fully saturated rings. The fourth-order valence-corrected chi connectivity index (χ4v) is 2.59. The highest BCUT2D eigenvalue weighted by atomic mass is 79.9. The minimum Gasteiger partial charge on any atom is -0.496 e. The summed E-state index contributed by atoms with van der Waals surface area (Å²) in [6.45, 7) is 6.36. The second-order valence-corrected chi connectivity index (χ2v) is 5.60. The molecule has 0 heterocycles. The first-order valence-corrected chi connectivity index (χ1v) is 7.47. The number of ether oxygens (including phenoxy) is 1. The topological polar surface area (TPSA) is 38.3 Å². The normalized spacial score (nSPS) is 12.3. The van der Waals surface area contributed by atoms with Crippen molar-refractivity contribution in [2.24, 2.45) is 5.92 Å². The molecule has 3 nitrogen and oxygen atoms in total. The van der Waals surface area contributed by atoms with E-state index in [9.17, 15) is 4.79 Å². The molecule has 0 aliphatic heterocycles. The molecule has 1 atom stereocenters. The highest BCUT2D eigenvalue weighted by Crippen LogP contribution is 2.24. The first kappa shape index (κ1) is 16.0. The highest BCUT2D eigenvalue weighted by molar-refractivity contribution is 9.10. The number of rotatable bonds is 6. The molecule has 1 aromatic rings. The Labute approximate surface area is 123 Å². The quantitative estimate of drug-likeness (QED) is 0.857. The van der Waals surface area contributed by atoms with Gasteiger partial charge in [-0.05, 0) is 31.0 Å². The van der Waals surface area contributed by atoms with Gasteiger partial charge in [0.1, 0.15) is 5.75 Å². The number of amides is 1. The van der Waals surface area contributed by atoms with Gasteiger partial charge in [-0.3, -0.25) is 4.79 Å². The SMILES string of the molecule is CCC(CC)C(C)NC(=O)c1ccc(Br)cc1OC. The smallest absolute Gasteiger partial charge is 0.255 e. The molecule has 0 saturated heterocycles. The Morgan fingerprint density at radius 3 is 2.53 bits per heavy atom. The predicted molar refractivity (Wildman–Crippen MR) is 81.7 cm³/mol. The zero-order valence-electron chi connectivity index (χ0n) is 12.0. The molecule has 0 aromatic heterocycles. The van der Waals surface area contributed by atoms with Crippen LogP contribution in [0.15, 0.2) is 22.7 Å². The van der Waals surface area contributed by atoms with Gasteiger partial charge in [0.05, 0.1) is 12.7 Å². The van der Waals surface area contributed by atoms with Crippen LogP contribution < -0.4 is 10.1 Å². The molecule has 0 aliphatic carbocycles. The molecule has 1 unspecified atom stereocenters. The van der Waals surface area contributed by atoms with Gasteiger partial charge in [-0.15, -0.1) is 0 Å². The zero-order chi connectivity index (χ0) is 14.4. The lowest BCUT2D eigenvalue weighted by Gasteiger charge is -2.23. The number of methoxy groups -OCH3 is 1. The molecule has 0 saturated carbocycles. The van der Waals surface area contributed by atoms with Crippen LogP contribution in [0.5, 0.6) is 5.75 Å². The fourth-order valence-electron chi connectivity index (χ4n) is 2.25. The van der Waals surface area contributed by atoms with E-state index in [2.05, 4.69) is 42.0 Å². The minimum atomic E-state index is -0.0799. The summed E-state index contributed by atoms with van der Waals surface area (Å²) >= 11 is 3.37. The summed E-state index contributed by atoms with van der Waals surface area (Å²) in [5, 5.41) is 3.06. The van der Waals surface area contributed by atoms with E-state index in [1.807, 2.05) is 6.07 Å².